The highest BCUT2D eigenvalue weighted by atomic mass is 79.9. The zero-order valence-corrected chi connectivity index (χ0v) is 32.3. The summed E-state index contributed by atoms with van der Waals surface area (Å²) in [6.07, 6.45) is 4.33. The van der Waals surface area contributed by atoms with Crippen LogP contribution in [0.5, 0.6) is 0 Å². The minimum Gasteiger partial charge on any atom is -0.461 e. The predicted octanol–water partition coefficient (Wildman–Crippen LogP) is 8.65. The average Bonchev–Trinajstić information content (AvgIpc) is 3.63. The van der Waals surface area contributed by atoms with E-state index in [0.717, 1.165) is 69.4 Å². The predicted molar refractivity (Wildman–Crippen MR) is 194 cm³/mol. The number of nitrogens with zero attached hydrogens (tertiary/aromatic N) is 4. The Morgan fingerprint density at radius 1 is 0.854 bits per heavy atom. The zero-order valence-electron chi connectivity index (χ0n) is 26.0. The SMILES string of the molecule is CCOC(=O)c1nn(-c2cccc(Br)c2)c2c1C(Cl)CCC2.CCOC(=O)c1nn(-c2cccc(Br)c2)c2c1C(O)CCC2.O=S(Cl)Cl. The Morgan fingerprint density at radius 3 is 1.75 bits per heavy atom. The van der Waals surface area contributed by atoms with Gasteiger partial charge >= 0.3 is 11.9 Å². The van der Waals surface area contributed by atoms with Crippen molar-refractivity contribution in [3.63, 3.8) is 0 Å². The number of esters is 2. The molecule has 0 saturated carbocycles. The fourth-order valence-electron chi connectivity index (χ4n) is 5.63. The third-order valence-corrected chi connectivity index (χ3v) is 8.92. The summed E-state index contributed by atoms with van der Waals surface area (Å²) >= 11 is 13.4. The number of aliphatic hydroxyl groups excluding tert-OH is 1. The number of aromatic nitrogens is 4. The molecule has 2 heterocycles. The van der Waals surface area contributed by atoms with Crippen molar-refractivity contribution < 1.29 is 28.4 Å². The lowest BCUT2D eigenvalue weighted by atomic mass is 9.93. The first kappa shape index (κ1) is 38.5. The Labute approximate surface area is 311 Å². The summed E-state index contributed by atoms with van der Waals surface area (Å²) in [5.74, 6) is -0.881. The molecule has 2 atom stereocenters. The van der Waals surface area contributed by atoms with Gasteiger partial charge in [-0.15, -0.1) is 11.6 Å². The van der Waals surface area contributed by atoms with Gasteiger partial charge in [0, 0.05) is 47.1 Å². The fourth-order valence-corrected chi connectivity index (χ4v) is 6.79. The minimum absolute atomic E-state index is 0.191. The van der Waals surface area contributed by atoms with Gasteiger partial charge in [-0.05, 0) is 88.8 Å². The number of hydrogen-bond donors (Lipinski definition) is 1. The first-order valence-corrected chi connectivity index (χ1v) is 19.9. The van der Waals surface area contributed by atoms with Crippen LogP contribution in [0.2, 0.25) is 0 Å². The third-order valence-electron chi connectivity index (χ3n) is 7.50. The average molecular weight is 868 g/mol. The van der Waals surface area contributed by atoms with Crippen molar-refractivity contribution in [1.29, 1.82) is 0 Å². The minimum atomic E-state index is -1.67. The van der Waals surface area contributed by atoms with Crippen molar-refractivity contribution in [2.45, 2.75) is 63.9 Å². The lowest BCUT2D eigenvalue weighted by Crippen LogP contribution is -2.14. The second kappa shape index (κ2) is 18.1. The first-order chi connectivity index (χ1) is 23.0. The lowest BCUT2D eigenvalue weighted by Gasteiger charge is -2.19. The van der Waals surface area contributed by atoms with Gasteiger partial charge < -0.3 is 14.6 Å². The van der Waals surface area contributed by atoms with E-state index in [2.05, 4.69) is 63.4 Å². The molecule has 10 nitrogen and oxygen atoms in total. The Morgan fingerprint density at radius 2 is 1.29 bits per heavy atom. The van der Waals surface area contributed by atoms with Crippen LogP contribution in [0.15, 0.2) is 57.5 Å². The van der Waals surface area contributed by atoms with Crippen LogP contribution in [0.1, 0.15) is 94.5 Å². The molecule has 2 aromatic heterocycles. The van der Waals surface area contributed by atoms with Gasteiger partial charge in [0.2, 0.25) is 9.23 Å². The summed E-state index contributed by atoms with van der Waals surface area (Å²) < 4.78 is 24.8. The number of rotatable bonds is 6. The molecule has 0 fully saturated rings. The lowest BCUT2D eigenvalue weighted by molar-refractivity contribution is 0.0504. The van der Waals surface area contributed by atoms with Crippen molar-refractivity contribution in [3.05, 3.63) is 91.4 Å². The Kier molecular flexibility index (Phi) is 14.5. The second-order valence-electron chi connectivity index (χ2n) is 10.6. The smallest absolute Gasteiger partial charge is 0.359 e. The Balaban J connectivity index is 0.000000195. The Bertz CT molecular complexity index is 1660. The summed E-state index contributed by atoms with van der Waals surface area (Å²) in [5.41, 5.74) is 5.67. The van der Waals surface area contributed by atoms with E-state index in [1.807, 2.05) is 53.2 Å². The van der Waals surface area contributed by atoms with Gasteiger partial charge in [0.25, 0.3) is 0 Å². The van der Waals surface area contributed by atoms with Gasteiger partial charge in [-0.3, -0.25) is 0 Å². The number of benzene rings is 2. The van der Waals surface area contributed by atoms with Gasteiger partial charge in [-0.1, -0.05) is 44.0 Å². The molecule has 0 bridgehead atoms. The van der Waals surface area contributed by atoms with Crippen LogP contribution < -0.4 is 0 Å². The van der Waals surface area contributed by atoms with Crippen LogP contribution in [0, 0.1) is 0 Å². The van der Waals surface area contributed by atoms with Gasteiger partial charge in [-0.25, -0.2) is 23.2 Å². The number of carbonyl (C=O) groups is 2. The van der Waals surface area contributed by atoms with Crippen molar-refractivity contribution in [2.24, 2.45) is 0 Å². The van der Waals surface area contributed by atoms with Gasteiger partial charge in [0.1, 0.15) is 0 Å². The van der Waals surface area contributed by atoms with Crippen LogP contribution in [-0.2, 0) is 31.5 Å². The van der Waals surface area contributed by atoms with E-state index in [1.165, 1.54) is 0 Å². The summed E-state index contributed by atoms with van der Waals surface area (Å²) in [6, 6.07) is 15.5. The zero-order chi connectivity index (χ0) is 35.0. The molecule has 2 unspecified atom stereocenters. The summed E-state index contributed by atoms with van der Waals surface area (Å²) in [5, 5.41) is 19.1. The molecule has 0 radical (unpaired) electrons. The molecule has 2 aliphatic rings. The topological polar surface area (TPSA) is 126 Å². The normalized spacial score (nSPS) is 16.4. The van der Waals surface area contributed by atoms with Crippen LogP contribution in [0.3, 0.4) is 0 Å². The molecule has 258 valence electrons. The largest absolute Gasteiger partial charge is 0.461 e. The monoisotopic (exact) mass is 864 g/mol. The van der Waals surface area contributed by atoms with E-state index < -0.39 is 27.3 Å². The van der Waals surface area contributed by atoms with Gasteiger partial charge in [0.15, 0.2) is 11.4 Å². The van der Waals surface area contributed by atoms with Gasteiger partial charge in [0.05, 0.1) is 41.8 Å². The van der Waals surface area contributed by atoms with Crippen molar-refractivity contribution >= 4 is 86.0 Å². The van der Waals surface area contributed by atoms with E-state index in [9.17, 15) is 14.7 Å². The highest BCUT2D eigenvalue weighted by Gasteiger charge is 2.33. The van der Waals surface area contributed by atoms with Crippen molar-refractivity contribution in [1.82, 2.24) is 19.6 Å². The molecule has 16 heteroatoms. The van der Waals surface area contributed by atoms with Crippen LogP contribution >= 0.6 is 64.8 Å². The summed E-state index contributed by atoms with van der Waals surface area (Å²) in [7, 11) is 7.36. The second-order valence-corrected chi connectivity index (χ2v) is 15.5. The fraction of sp³-hybridized carbons (Fsp3) is 0.375. The molecular formula is C32H33Br2Cl3N4O6S. The van der Waals surface area contributed by atoms with Crippen molar-refractivity contribution in [2.75, 3.05) is 13.2 Å². The number of alkyl halides is 1. The molecule has 0 saturated heterocycles. The Hall–Kier alpha value is -2.26. The molecular weight excluding hydrogens is 835 g/mol. The van der Waals surface area contributed by atoms with Crippen LogP contribution in [0.4, 0.5) is 0 Å². The molecule has 0 aliphatic heterocycles. The molecule has 4 aromatic rings. The van der Waals surface area contributed by atoms with Crippen molar-refractivity contribution in [3.8, 4) is 11.4 Å². The van der Waals surface area contributed by atoms with Crippen LogP contribution in [0.25, 0.3) is 11.4 Å². The number of hydrogen-bond acceptors (Lipinski definition) is 8. The number of fused-ring (bicyclic) bond motifs is 2. The van der Waals surface area contributed by atoms with E-state index >= 15 is 0 Å². The summed E-state index contributed by atoms with van der Waals surface area (Å²) in [6.45, 7) is 4.15. The molecule has 0 amide bonds. The number of carbonyl (C=O) groups excluding carboxylic acids is 2. The summed E-state index contributed by atoms with van der Waals surface area (Å²) in [4.78, 5) is 24.4. The van der Waals surface area contributed by atoms with E-state index in [0.29, 0.717) is 24.3 Å². The van der Waals surface area contributed by atoms with E-state index in [-0.39, 0.29) is 17.7 Å². The third kappa shape index (κ3) is 9.49. The maximum atomic E-state index is 12.2. The molecule has 6 rings (SSSR count). The van der Waals surface area contributed by atoms with Gasteiger partial charge in [-0.2, -0.15) is 10.2 Å². The highest BCUT2D eigenvalue weighted by molar-refractivity contribution is 9.10. The maximum Gasteiger partial charge on any atom is 0.359 e. The first-order valence-electron chi connectivity index (χ1n) is 15.1. The van der Waals surface area contributed by atoms with Crippen LogP contribution in [-0.4, -0.2) is 54.0 Å². The number of ether oxygens (including phenoxy) is 2. The number of halogens is 5. The maximum absolute atomic E-state index is 12.2. The highest BCUT2D eigenvalue weighted by Crippen LogP contribution is 2.38. The molecule has 2 aliphatic carbocycles. The van der Waals surface area contributed by atoms with E-state index in [4.69, 9.17) is 25.3 Å². The molecule has 2 aromatic carbocycles. The molecule has 0 spiro atoms. The van der Waals surface area contributed by atoms with E-state index in [1.54, 1.807) is 18.5 Å². The number of aliphatic hydroxyl groups is 1. The molecule has 1 N–H and O–H groups in total. The molecule has 48 heavy (non-hydrogen) atoms. The quantitative estimate of drug-likeness (QED) is 0.116. The standard InChI is InChI=1S/C16H16BrClN2O2.C16H17BrN2O3.Cl2OS/c1-2-22-16(21)15-14-12(18)7-4-8-13(14)20(19-15)11-6-3-5-10(17)9-11;1-2-22-16(21)15-14-12(7-4-8-13(14)20)19(18-15)11-6-3-5-10(17)9-11;1-4(2)3/h3,5-6,9,12H,2,4,7-8H2,1H3;3,5-6,9,13,20H,2,4,7-8H2,1H3;.